The largest absolute Gasteiger partial charge is 0.368 e. The molecule has 3 aromatic rings. The summed E-state index contributed by atoms with van der Waals surface area (Å²) in [4.78, 5) is 6.53. The lowest BCUT2D eigenvalue weighted by atomic mass is 10.0. The van der Waals surface area contributed by atoms with Crippen LogP contribution in [0.3, 0.4) is 0 Å². The highest BCUT2D eigenvalue weighted by Gasteiger charge is 2.29. The molecule has 43 heavy (non-hydrogen) atoms. The third-order valence-corrected chi connectivity index (χ3v) is 10.4. The summed E-state index contributed by atoms with van der Waals surface area (Å²) in [5.41, 5.74) is 7.18. The molecule has 1 atom stereocenters. The van der Waals surface area contributed by atoms with Crippen molar-refractivity contribution < 1.29 is 33.4 Å². The maximum atomic E-state index is 8.49. The molecule has 0 N–H and O–H groups in total. The first-order chi connectivity index (χ1) is 20.7. The van der Waals surface area contributed by atoms with Gasteiger partial charge in [0.1, 0.15) is 11.2 Å². The average Bonchev–Trinajstić information content (AvgIpc) is 3.66. The second kappa shape index (κ2) is 14.0. The van der Waals surface area contributed by atoms with Crippen LogP contribution in [0.15, 0.2) is 93.5 Å². The first-order valence-electron chi connectivity index (χ1n) is 14.8. The minimum absolute atomic E-state index is 0.596. The maximum absolute atomic E-state index is 8.49. The quantitative estimate of drug-likeness (QED) is 0.378. The average molecular weight is 640 g/mol. The van der Waals surface area contributed by atoms with Gasteiger partial charge < -0.3 is 9.80 Å². The number of piperidine rings is 1. The number of thioether (sulfide) groups is 1. The highest BCUT2D eigenvalue weighted by molar-refractivity contribution is 8.03. The molecule has 1 unspecified atom stereocenters. The van der Waals surface area contributed by atoms with Gasteiger partial charge in [-0.3, -0.25) is 0 Å². The van der Waals surface area contributed by atoms with E-state index in [1.807, 2.05) is 23.1 Å². The van der Waals surface area contributed by atoms with Crippen LogP contribution >= 0.6 is 23.1 Å². The van der Waals surface area contributed by atoms with Crippen molar-refractivity contribution in [1.29, 1.82) is 0 Å². The fourth-order valence-electron chi connectivity index (χ4n) is 6.19. The molecule has 228 valence electrons. The number of nitrogens with zero attached hydrogens (tertiary/aromatic N) is 3. The molecule has 0 saturated carbocycles. The Morgan fingerprint density at radius 2 is 1.70 bits per heavy atom. The number of fused-ring (bicyclic) bond motifs is 2. The zero-order chi connectivity index (χ0) is 30.6. The van der Waals surface area contributed by atoms with Crippen molar-refractivity contribution in [3.8, 4) is 0 Å². The van der Waals surface area contributed by atoms with Gasteiger partial charge in [-0.15, -0.1) is 10.2 Å². The zero-order valence-electron chi connectivity index (χ0n) is 24.8. The molecule has 1 aliphatic carbocycles. The van der Waals surface area contributed by atoms with Crippen molar-refractivity contribution >= 4 is 45.1 Å². The van der Waals surface area contributed by atoms with Gasteiger partial charge >= 0.3 is 0 Å². The fraction of sp³-hybridized carbons (Fsp3) is 0.364. The molecule has 10 heteroatoms. The first kappa shape index (κ1) is 31.8. The van der Waals surface area contributed by atoms with Crippen LogP contribution in [0.5, 0.6) is 0 Å². The van der Waals surface area contributed by atoms with Crippen molar-refractivity contribution in [1.82, 2.24) is 4.90 Å². The second-order valence-electron chi connectivity index (χ2n) is 10.8. The number of aryl methyl sites for hydroxylation is 1. The Balaban J connectivity index is 0.000000682. The summed E-state index contributed by atoms with van der Waals surface area (Å²) in [6.45, 7) is 10.1. The summed E-state index contributed by atoms with van der Waals surface area (Å²) in [6, 6.07) is 18.2. The molecule has 7 nitrogen and oxygen atoms in total. The Morgan fingerprint density at radius 1 is 0.953 bits per heavy atom. The molecule has 2 aliphatic heterocycles. The van der Waals surface area contributed by atoms with E-state index >= 15 is 0 Å². The number of benzene rings is 2. The summed E-state index contributed by atoms with van der Waals surface area (Å²) < 4.78 is 37.8. The summed E-state index contributed by atoms with van der Waals surface area (Å²) in [7, 11) is -4.94. The molecule has 1 fully saturated rings. The van der Waals surface area contributed by atoms with Crippen molar-refractivity contribution in [3.63, 3.8) is 0 Å². The van der Waals surface area contributed by atoms with Crippen LogP contribution in [0.4, 0.5) is 5.69 Å². The number of thiazole rings is 1. The highest BCUT2D eigenvalue weighted by Crippen LogP contribution is 2.46. The molecule has 0 bridgehead atoms. The molecule has 2 aromatic carbocycles. The van der Waals surface area contributed by atoms with Gasteiger partial charge in [0.05, 0.1) is 10.7 Å². The van der Waals surface area contributed by atoms with E-state index in [4.69, 9.17) is 18.6 Å². The molecule has 0 radical (unpaired) electrons. The van der Waals surface area contributed by atoms with Crippen molar-refractivity contribution in [2.45, 2.75) is 70.4 Å². The van der Waals surface area contributed by atoms with Crippen molar-refractivity contribution in [2.75, 3.05) is 18.0 Å². The van der Waals surface area contributed by atoms with E-state index < -0.39 is 10.2 Å². The SMILES string of the molecule is CCN1C(=CC=C2CCC(C=Cc3sc4ccccc4[n+]3CC)=C2N2CCCCC2C)Sc2ccccc21.[O-][Cl+3]([O-])([O-])[O-]. The maximum Gasteiger partial charge on any atom is 0.262 e. The Bertz CT molecular complexity index is 1570. The first-order valence-corrected chi connectivity index (χ1v) is 17.7. The number of hydrogen-bond donors (Lipinski definition) is 0. The molecule has 3 aliphatic rings. The predicted molar refractivity (Wildman–Crippen MR) is 164 cm³/mol. The third kappa shape index (κ3) is 7.54. The molecule has 1 aromatic heterocycles. The van der Waals surface area contributed by atoms with Gasteiger partial charge in [0.25, 0.3) is 5.01 Å². The number of halogens is 1. The standard InChI is InChI=1S/C33H38N3S2.ClHO4/c1-4-34-27-13-6-8-15-29(27)37-31(34)21-19-25-17-18-26(33(25)36-23-11-10-12-24(36)3)20-22-32-35(5-2)28-14-7-9-16-30(28)38-32;2-1(3,4)5/h6-9,13-16,19-22,24H,4-5,10-12,17-18,23H2,1-3H3;(H,2,3,4,5)/q+1;/p-1. The fourth-order valence-corrected chi connectivity index (χ4v) is 8.44. The lowest BCUT2D eigenvalue weighted by Crippen LogP contribution is -2.68. The van der Waals surface area contributed by atoms with E-state index in [0.717, 1.165) is 25.9 Å². The molecule has 6 rings (SSSR count). The van der Waals surface area contributed by atoms with Gasteiger partial charge in [-0.05, 0) is 94.4 Å². The minimum atomic E-state index is -4.94. The van der Waals surface area contributed by atoms with E-state index in [-0.39, 0.29) is 0 Å². The Morgan fingerprint density at radius 3 is 2.44 bits per heavy atom. The van der Waals surface area contributed by atoms with Crippen LogP contribution in [0.25, 0.3) is 16.3 Å². The van der Waals surface area contributed by atoms with E-state index in [1.165, 1.54) is 73.5 Å². The van der Waals surface area contributed by atoms with Gasteiger partial charge in [-0.2, -0.15) is 4.57 Å². The number of rotatable bonds is 6. The molecular formula is C33H38ClN3O4S2. The van der Waals surface area contributed by atoms with Crippen LogP contribution in [-0.4, -0.2) is 24.0 Å². The van der Waals surface area contributed by atoms with Crippen molar-refractivity contribution in [2.24, 2.45) is 0 Å². The van der Waals surface area contributed by atoms with Gasteiger partial charge in [0, 0.05) is 41.9 Å². The van der Waals surface area contributed by atoms with Gasteiger partial charge in [-0.1, -0.05) is 53.4 Å². The van der Waals surface area contributed by atoms with Gasteiger partial charge in [0.2, 0.25) is 5.52 Å². The third-order valence-electron chi connectivity index (χ3n) is 8.12. The number of anilines is 1. The summed E-state index contributed by atoms with van der Waals surface area (Å²) in [5, 5.41) is 2.68. The summed E-state index contributed by atoms with van der Waals surface area (Å²) >= 11 is 3.80. The number of likely N-dealkylation sites (tertiary alicyclic amines) is 1. The van der Waals surface area contributed by atoms with Crippen LogP contribution in [0.2, 0.25) is 0 Å². The number of aromatic nitrogens is 1. The molecule has 0 spiro atoms. The lowest BCUT2D eigenvalue weighted by Gasteiger charge is -2.37. The lowest BCUT2D eigenvalue weighted by molar-refractivity contribution is -2.00. The van der Waals surface area contributed by atoms with Crippen LogP contribution < -0.4 is 28.1 Å². The van der Waals surface area contributed by atoms with E-state index in [0.29, 0.717) is 6.04 Å². The van der Waals surface area contributed by atoms with Crippen molar-refractivity contribution in [3.05, 3.63) is 93.6 Å². The normalized spacial score (nSPS) is 21.0. The molecule has 0 amide bonds. The van der Waals surface area contributed by atoms with E-state index in [2.05, 4.69) is 108 Å². The van der Waals surface area contributed by atoms with Crippen LogP contribution in [0.1, 0.15) is 57.9 Å². The molecule has 1 saturated heterocycles. The van der Waals surface area contributed by atoms with Crippen LogP contribution in [-0.2, 0) is 6.54 Å². The van der Waals surface area contributed by atoms with E-state index in [9.17, 15) is 0 Å². The summed E-state index contributed by atoms with van der Waals surface area (Å²) in [5.74, 6) is 0. The van der Waals surface area contributed by atoms with Gasteiger partial charge in [-0.25, -0.2) is 18.6 Å². The topological polar surface area (TPSA) is 103 Å². The highest BCUT2D eigenvalue weighted by atomic mass is 35.7. The number of para-hydroxylation sites is 2. The van der Waals surface area contributed by atoms with Gasteiger partial charge in [0.15, 0.2) is 0 Å². The monoisotopic (exact) mass is 639 g/mol. The molecule has 3 heterocycles. The Labute approximate surface area is 264 Å². The predicted octanol–water partition coefficient (Wildman–Crippen LogP) is 3.79. The smallest absolute Gasteiger partial charge is 0.262 e. The molecular weight excluding hydrogens is 602 g/mol. The number of hydrogen-bond acceptors (Lipinski definition) is 8. The van der Waals surface area contributed by atoms with Crippen LogP contribution in [0, 0.1) is 10.2 Å². The Hall–Kier alpha value is -2.63. The number of allylic oxidation sites excluding steroid dienone is 5. The second-order valence-corrected chi connectivity index (χ2v) is 13.7. The minimum Gasteiger partial charge on any atom is -0.368 e. The van der Waals surface area contributed by atoms with E-state index in [1.54, 1.807) is 0 Å². The Kier molecular flexibility index (Phi) is 10.3. The zero-order valence-corrected chi connectivity index (χ0v) is 27.2. The summed E-state index contributed by atoms with van der Waals surface area (Å²) in [6.07, 6.45) is 15.8.